The number of hydrogen-bond acceptors (Lipinski definition) is 4. The molecular formula is C4H10NaO8+. The molecule has 0 rings (SSSR count). The summed E-state index contributed by atoms with van der Waals surface area (Å²) in [5.74, 6) is -3.54. The topological polar surface area (TPSA) is 178 Å². The molecule has 0 saturated carbocycles. The number of aliphatic hydroxyl groups is 2. The van der Waals surface area contributed by atoms with Gasteiger partial charge >= 0.3 is 41.5 Å². The average Bonchev–Trinajstić information content (AvgIpc) is 1.84. The third kappa shape index (κ3) is 8.12. The van der Waals surface area contributed by atoms with Gasteiger partial charge in [-0.15, -0.1) is 0 Å². The normalized spacial score (nSPS) is 12.2. The van der Waals surface area contributed by atoms with Crippen molar-refractivity contribution < 1.29 is 70.5 Å². The van der Waals surface area contributed by atoms with Crippen molar-refractivity contribution in [2.75, 3.05) is 0 Å². The van der Waals surface area contributed by atoms with Crippen molar-refractivity contribution in [3.63, 3.8) is 0 Å². The first kappa shape index (κ1) is 23.0. The number of carboxylic acids is 2. The molecular weight excluding hydrogens is 199 g/mol. The Kier molecular flexibility index (Phi) is 17.5. The smallest absolute Gasteiger partial charge is 0.479 e. The molecule has 0 bridgehead atoms. The molecule has 13 heavy (non-hydrogen) atoms. The van der Waals surface area contributed by atoms with Crippen molar-refractivity contribution in [1.82, 2.24) is 0 Å². The fraction of sp³-hybridized carbons (Fsp3) is 0.500. The van der Waals surface area contributed by atoms with Gasteiger partial charge in [0.05, 0.1) is 0 Å². The molecule has 74 valence electrons. The van der Waals surface area contributed by atoms with Crippen LogP contribution in [0, 0.1) is 0 Å². The predicted octanol–water partition coefficient (Wildman–Crippen LogP) is -6.77. The van der Waals surface area contributed by atoms with E-state index in [1.54, 1.807) is 0 Å². The molecule has 8 N–H and O–H groups in total. The van der Waals surface area contributed by atoms with E-state index in [2.05, 4.69) is 0 Å². The van der Waals surface area contributed by atoms with Crippen LogP contribution in [0.2, 0.25) is 0 Å². The zero-order chi connectivity index (χ0) is 8.31. The molecule has 0 saturated heterocycles. The Morgan fingerprint density at radius 3 is 1.08 bits per heavy atom. The van der Waals surface area contributed by atoms with Gasteiger partial charge in [-0.25, -0.2) is 9.59 Å². The Bertz CT molecular complexity index is 140. The van der Waals surface area contributed by atoms with E-state index >= 15 is 0 Å². The van der Waals surface area contributed by atoms with Crippen LogP contribution in [0.15, 0.2) is 0 Å². The SMILES string of the molecule is O.O.O=C(O)[C@H](O)[C@@H](O)C(=O)O.[Na+]. The Labute approximate surface area is 94.7 Å². The summed E-state index contributed by atoms with van der Waals surface area (Å²) in [5, 5.41) is 32.5. The van der Waals surface area contributed by atoms with Gasteiger partial charge in [0.15, 0.2) is 12.2 Å². The molecule has 0 aliphatic heterocycles. The van der Waals surface area contributed by atoms with Crippen LogP contribution >= 0.6 is 0 Å². The van der Waals surface area contributed by atoms with Gasteiger partial charge in [0.2, 0.25) is 0 Å². The molecule has 0 heterocycles. The van der Waals surface area contributed by atoms with Gasteiger partial charge in [0.25, 0.3) is 0 Å². The number of hydrogen-bond donors (Lipinski definition) is 4. The van der Waals surface area contributed by atoms with E-state index in [0.29, 0.717) is 0 Å². The maximum absolute atomic E-state index is 9.77. The zero-order valence-electron chi connectivity index (χ0n) is 6.76. The molecule has 0 amide bonds. The summed E-state index contributed by atoms with van der Waals surface area (Å²) < 4.78 is 0. The van der Waals surface area contributed by atoms with Crippen molar-refractivity contribution >= 4 is 11.9 Å². The number of carbonyl (C=O) groups is 2. The Hall–Kier alpha value is -0.220. The monoisotopic (exact) mass is 209 g/mol. The van der Waals surface area contributed by atoms with Gasteiger partial charge in [0.1, 0.15) is 0 Å². The predicted molar refractivity (Wildman–Crippen MR) is 34.5 cm³/mol. The Balaban J connectivity index is -0.000000135. The second kappa shape index (κ2) is 9.86. The van der Waals surface area contributed by atoms with Crippen LogP contribution in [-0.2, 0) is 9.59 Å². The first-order valence-corrected chi connectivity index (χ1v) is 2.28. The quantitative estimate of drug-likeness (QED) is 0.335. The van der Waals surface area contributed by atoms with E-state index in [1.807, 2.05) is 0 Å². The number of carboxylic acid groups (broad SMARTS) is 2. The molecule has 0 aliphatic carbocycles. The van der Waals surface area contributed by atoms with E-state index < -0.39 is 24.1 Å². The number of aliphatic carboxylic acids is 2. The summed E-state index contributed by atoms with van der Waals surface area (Å²) in [7, 11) is 0. The molecule has 0 aromatic rings. The molecule has 0 aliphatic rings. The molecule has 0 fully saturated rings. The minimum absolute atomic E-state index is 0. The fourth-order valence-electron chi connectivity index (χ4n) is 0.270. The Morgan fingerprint density at radius 2 is 1.00 bits per heavy atom. The second-order valence-corrected chi connectivity index (χ2v) is 1.57. The van der Waals surface area contributed by atoms with Gasteiger partial charge in [-0.3, -0.25) is 0 Å². The molecule has 0 unspecified atom stereocenters. The van der Waals surface area contributed by atoms with Gasteiger partial charge in [0, 0.05) is 0 Å². The molecule has 0 radical (unpaired) electrons. The van der Waals surface area contributed by atoms with Crippen molar-refractivity contribution in [2.24, 2.45) is 0 Å². The molecule has 2 atom stereocenters. The summed E-state index contributed by atoms with van der Waals surface area (Å²) in [4.78, 5) is 19.5. The summed E-state index contributed by atoms with van der Waals surface area (Å²) in [6.07, 6.45) is -4.53. The number of rotatable bonds is 3. The van der Waals surface area contributed by atoms with Crippen LogP contribution in [0.25, 0.3) is 0 Å². The minimum atomic E-state index is -2.27. The van der Waals surface area contributed by atoms with Gasteiger partial charge in [-0.2, -0.15) is 0 Å². The Morgan fingerprint density at radius 1 is 0.846 bits per heavy atom. The molecule has 8 nitrogen and oxygen atoms in total. The van der Waals surface area contributed by atoms with Crippen LogP contribution in [0.4, 0.5) is 0 Å². The van der Waals surface area contributed by atoms with Crippen molar-refractivity contribution in [1.29, 1.82) is 0 Å². The van der Waals surface area contributed by atoms with Crippen molar-refractivity contribution in [3.05, 3.63) is 0 Å². The van der Waals surface area contributed by atoms with E-state index in [0.717, 1.165) is 0 Å². The maximum atomic E-state index is 9.77. The fourth-order valence-corrected chi connectivity index (χ4v) is 0.270. The van der Waals surface area contributed by atoms with Crippen molar-refractivity contribution in [2.45, 2.75) is 12.2 Å². The van der Waals surface area contributed by atoms with E-state index in [4.69, 9.17) is 20.4 Å². The standard InChI is InChI=1S/C4H6O6.Na.2H2O/c5-1(3(7)8)2(6)4(9)10;;;/h1-2,5-6H,(H,7,8)(H,9,10);;2*1H2/q;+1;;/t1-,2-;;;/m1.../s1. The molecule has 0 aromatic carbocycles. The minimum Gasteiger partial charge on any atom is -0.479 e. The third-order valence-corrected chi connectivity index (χ3v) is 0.805. The van der Waals surface area contributed by atoms with E-state index in [1.165, 1.54) is 0 Å². The summed E-state index contributed by atoms with van der Waals surface area (Å²) in [6.45, 7) is 0. The van der Waals surface area contributed by atoms with Crippen LogP contribution in [0.5, 0.6) is 0 Å². The maximum Gasteiger partial charge on any atom is 1.00 e. The van der Waals surface area contributed by atoms with Crippen molar-refractivity contribution in [3.8, 4) is 0 Å². The third-order valence-electron chi connectivity index (χ3n) is 0.805. The first-order chi connectivity index (χ1) is 4.46. The van der Waals surface area contributed by atoms with Gasteiger partial charge in [-0.1, -0.05) is 0 Å². The summed E-state index contributed by atoms with van der Waals surface area (Å²) in [6, 6.07) is 0. The largest absolute Gasteiger partial charge is 1.00 e. The summed E-state index contributed by atoms with van der Waals surface area (Å²) in [5.41, 5.74) is 0. The van der Waals surface area contributed by atoms with E-state index in [-0.39, 0.29) is 40.5 Å². The number of aliphatic hydroxyl groups excluding tert-OH is 2. The van der Waals surface area contributed by atoms with Gasteiger partial charge in [-0.05, 0) is 0 Å². The van der Waals surface area contributed by atoms with Crippen LogP contribution in [0.1, 0.15) is 0 Å². The first-order valence-electron chi connectivity index (χ1n) is 2.28. The van der Waals surface area contributed by atoms with Crippen LogP contribution in [-0.4, -0.2) is 55.5 Å². The molecule has 0 aromatic heterocycles. The van der Waals surface area contributed by atoms with Gasteiger partial charge < -0.3 is 31.4 Å². The average molecular weight is 209 g/mol. The van der Waals surface area contributed by atoms with E-state index in [9.17, 15) is 9.59 Å². The second-order valence-electron chi connectivity index (χ2n) is 1.57. The molecule has 9 heteroatoms. The molecule has 0 spiro atoms. The zero-order valence-corrected chi connectivity index (χ0v) is 8.76. The van der Waals surface area contributed by atoms with Crippen LogP contribution < -0.4 is 29.6 Å². The van der Waals surface area contributed by atoms with Crippen LogP contribution in [0.3, 0.4) is 0 Å². The summed E-state index contributed by atoms with van der Waals surface area (Å²) >= 11 is 0.